The van der Waals surface area contributed by atoms with Crippen molar-refractivity contribution >= 4 is 11.9 Å². The summed E-state index contributed by atoms with van der Waals surface area (Å²) in [5.74, 6) is -0.831. The summed E-state index contributed by atoms with van der Waals surface area (Å²) < 4.78 is 5.29. The second-order valence-electron chi connectivity index (χ2n) is 5.71. The van der Waals surface area contributed by atoms with Crippen molar-refractivity contribution in [1.82, 2.24) is 4.90 Å². The van der Waals surface area contributed by atoms with E-state index < -0.39 is 11.9 Å². The fourth-order valence-electron chi connectivity index (χ4n) is 2.83. The Balaban J connectivity index is 2.09. The molecule has 0 aromatic carbocycles. The fraction of sp³-hybridized carbons (Fsp3) is 0.857. The van der Waals surface area contributed by atoms with Crippen LogP contribution in [-0.2, 0) is 14.3 Å². The zero-order chi connectivity index (χ0) is 14.0. The van der Waals surface area contributed by atoms with Crippen LogP contribution in [-0.4, -0.2) is 47.7 Å². The maximum absolute atomic E-state index is 12.5. The van der Waals surface area contributed by atoms with Crippen molar-refractivity contribution in [3.63, 3.8) is 0 Å². The summed E-state index contributed by atoms with van der Waals surface area (Å²) in [4.78, 5) is 25.5. The molecule has 1 aliphatic carbocycles. The summed E-state index contributed by atoms with van der Waals surface area (Å²) in [6, 6.07) is -0.300. The van der Waals surface area contributed by atoms with Crippen molar-refractivity contribution in [3.05, 3.63) is 0 Å². The molecule has 0 aromatic heterocycles. The first-order valence-corrected chi connectivity index (χ1v) is 7.17. The molecule has 0 spiro atoms. The summed E-state index contributed by atoms with van der Waals surface area (Å²) in [5.41, 5.74) is 0. The van der Waals surface area contributed by atoms with Crippen LogP contribution in [0.15, 0.2) is 0 Å². The zero-order valence-electron chi connectivity index (χ0n) is 11.7. The molecule has 1 aliphatic heterocycles. The van der Waals surface area contributed by atoms with Gasteiger partial charge < -0.3 is 14.7 Å². The number of carbonyl (C=O) groups excluding carboxylic acids is 1. The van der Waals surface area contributed by atoms with E-state index in [4.69, 9.17) is 4.74 Å². The molecular weight excluding hydrogens is 246 g/mol. The van der Waals surface area contributed by atoms with Crippen LogP contribution >= 0.6 is 0 Å². The van der Waals surface area contributed by atoms with Gasteiger partial charge in [0, 0.05) is 12.5 Å². The molecule has 5 nitrogen and oxygen atoms in total. The molecule has 1 saturated carbocycles. The Kier molecular flexibility index (Phi) is 4.45. The van der Waals surface area contributed by atoms with Crippen molar-refractivity contribution < 1.29 is 19.4 Å². The first kappa shape index (κ1) is 14.3. The first-order valence-electron chi connectivity index (χ1n) is 7.17. The summed E-state index contributed by atoms with van der Waals surface area (Å²) in [7, 11) is 0. The van der Waals surface area contributed by atoms with E-state index in [0.29, 0.717) is 19.1 Å². The second-order valence-corrected chi connectivity index (χ2v) is 5.71. The number of rotatable bonds is 6. The Morgan fingerprint density at radius 1 is 1.37 bits per heavy atom. The van der Waals surface area contributed by atoms with Gasteiger partial charge in [-0.05, 0) is 25.2 Å². The highest BCUT2D eigenvalue weighted by Gasteiger charge is 2.43. The smallest absolute Gasteiger partial charge is 0.311 e. The highest BCUT2D eigenvalue weighted by atomic mass is 16.5. The Bertz CT molecular complexity index is 353. The van der Waals surface area contributed by atoms with Crippen LogP contribution in [0.3, 0.4) is 0 Å². The monoisotopic (exact) mass is 269 g/mol. The quantitative estimate of drug-likeness (QED) is 0.791. The molecule has 0 radical (unpaired) electrons. The molecule has 5 heteroatoms. The van der Waals surface area contributed by atoms with Gasteiger partial charge in [0.15, 0.2) is 0 Å². The van der Waals surface area contributed by atoms with Crippen LogP contribution < -0.4 is 0 Å². The lowest BCUT2D eigenvalue weighted by Gasteiger charge is -2.32. The van der Waals surface area contributed by atoms with E-state index in [1.54, 1.807) is 4.90 Å². The van der Waals surface area contributed by atoms with E-state index >= 15 is 0 Å². The molecule has 1 heterocycles. The minimum Gasteiger partial charge on any atom is -0.481 e. The molecule has 1 saturated heterocycles. The maximum Gasteiger partial charge on any atom is 0.311 e. The van der Waals surface area contributed by atoms with Gasteiger partial charge in [-0.2, -0.15) is 0 Å². The topological polar surface area (TPSA) is 66.8 Å². The second kappa shape index (κ2) is 5.90. The normalized spacial score (nSPS) is 28.1. The highest BCUT2D eigenvalue weighted by molar-refractivity contribution is 5.81. The van der Waals surface area contributed by atoms with Crippen molar-refractivity contribution in [2.45, 2.75) is 39.2 Å². The lowest BCUT2D eigenvalue weighted by molar-refractivity contribution is -0.146. The van der Waals surface area contributed by atoms with Crippen LogP contribution in [0.1, 0.15) is 33.1 Å². The fourth-order valence-corrected chi connectivity index (χ4v) is 2.83. The molecule has 0 bridgehead atoms. The molecular formula is C14H23NO4. The average molecular weight is 269 g/mol. The summed E-state index contributed by atoms with van der Waals surface area (Å²) in [6.45, 7) is 5.15. The van der Waals surface area contributed by atoms with E-state index in [2.05, 4.69) is 0 Å². The van der Waals surface area contributed by atoms with Gasteiger partial charge in [-0.25, -0.2) is 0 Å². The lowest BCUT2D eigenvalue weighted by Crippen LogP contribution is -2.49. The average Bonchev–Trinajstić information content (AvgIpc) is 3.11. The molecule has 2 rings (SSSR count). The molecule has 1 N–H and O–H groups in total. The summed E-state index contributed by atoms with van der Waals surface area (Å²) in [5, 5.41) is 9.22. The van der Waals surface area contributed by atoms with Gasteiger partial charge in [-0.15, -0.1) is 0 Å². The van der Waals surface area contributed by atoms with Crippen LogP contribution in [0.5, 0.6) is 0 Å². The van der Waals surface area contributed by atoms with Crippen molar-refractivity contribution in [2.24, 2.45) is 17.8 Å². The summed E-state index contributed by atoms with van der Waals surface area (Å²) in [6.07, 6.45) is 3.08. The van der Waals surface area contributed by atoms with Crippen LogP contribution in [0.25, 0.3) is 0 Å². The van der Waals surface area contributed by atoms with Crippen LogP contribution in [0, 0.1) is 17.8 Å². The van der Waals surface area contributed by atoms with E-state index in [9.17, 15) is 14.7 Å². The van der Waals surface area contributed by atoms with Crippen LogP contribution in [0.2, 0.25) is 0 Å². The molecule has 1 amide bonds. The van der Waals surface area contributed by atoms with Gasteiger partial charge in [-0.3, -0.25) is 9.59 Å². The SMILES string of the molecule is CCCN(C(=O)C(C)C1CC1)C1COCC1C(=O)O. The summed E-state index contributed by atoms with van der Waals surface area (Å²) >= 11 is 0. The Hall–Kier alpha value is -1.10. The number of aliphatic carboxylic acids is 1. The molecule has 108 valence electrons. The number of carboxylic acid groups (broad SMARTS) is 1. The molecule has 3 atom stereocenters. The maximum atomic E-state index is 12.5. The number of ether oxygens (including phenoxy) is 1. The largest absolute Gasteiger partial charge is 0.481 e. The Morgan fingerprint density at radius 2 is 2.05 bits per heavy atom. The van der Waals surface area contributed by atoms with E-state index in [0.717, 1.165) is 19.3 Å². The number of nitrogens with zero attached hydrogens (tertiary/aromatic N) is 1. The first-order chi connectivity index (χ1) is 9.06. The third-order valence-electron chi connectivity index (χ3n) is 4.23. The predicted molar refractivity (Wildman–Crippen MR) is 69.6 cm³/mol. The standard InChI is InChI=1S/C14H23NO4/c1-3-6-15(13(16)9(2)10-4-5-10)12-8-19-7-11(12)14(17)18/h9-12H,3-8H2,1-2H3,(H,17,18). The third-order valence-corrected chi connectivity index (χ3v) is 4.23. The van der Waals surface area contributed by atoms with Crippen molar-refractivity contribution in [3.8, 4) is 0 Å². The van der Waals surface area contributed by atoms with E-state index in [-0.39, 0.29) is 24.5 Å². The Morgan fingerprint density at radius 3 is 2.58 bits per heavy atom. The minimum absolute atomic E-state index is 0.0154. The molecule has 3 unspecified atom stereocenters. The number of amides is 1. The van der Waals surface area contributed by atoms with Crippen molar-refractivity contribution in [1.29, 1.82) is 0 Å². The lowest BCUT2D eigenvalue weighted by atomic mass is 9.98. The van der Waals surface area contributed by atoms with E-state index in [1.807, 2.05) is 13.8 Å². The van der Waals surface area contributed by atoms with Gasteiger partial charge in [0.2, 0.25) is 5.91 Å². The number of carboxylic acids is 1. The van der Waals surface area contributed by atoms with Gasteiger partial charge >= 0.3 is 5.97 Å². The molecule has 2 fully saturated rings. The van der Waals surface area contributed by atoms with E-state index in [1.165, 1.54) is 0 Å². The molecule has 2 aliphatic rings. The van der Waals surface area contributed by atoms with Gasteiger partial charge in [0.25, 0.3) is 0 Å². The van der Waals surface area contributed by atoms with Gasteiger partial charge in [0.05, 0.1) is 19.3 Å². The zero-order valence-corrected chi connectivity index (χ0v) is 11.7. The molecule has 19 heavy (non-hydrogen) atoms. The predicted octanol–water partition coefficient (Wildman–Crippen LogP) is 1.37. The number of carbonyl (C=O) groups is 2. The number of hydrogen-bond acceptors (Lipinski definition) is 3. The minimum atomic E-state index is -0.865. The molecule has 0 aromatic rings. The van der Waals surface area contributed by atoms with Gasteiger partial charge in [0.1, 0.15) is 5.92 Å². The Labute approximate surface area is 113 Å². The van der Waals surface area contributed by atoms with Crippen molar-refractivity contribution in [2.75, 3.05) is 19.8 Å². The van der Waals surface area contributed by atoms with Gasteiger partial charge in [-0.1, -0.05) is 13.8 Å². The number of hydrogen-bond donors (Lipinski definition) is 1. The van der Waals surface area contributed by atoms with Crippen LogP contribution in [0.4, 0.5) is 0 Å². The highest BCUT2D eigenvalue weighted by Crippen LogP contribution is 2.38. The third kappa shape index (κ3) is 3.08.